The minimum absolute atomic E-state index is 0.139. The van der Waals surface area contributed by atoms with Crippen LogP contribution >= 0.6 is 11.3 Å². The summed E-state index contributed by atoms with van der Waals surface area (Å²) >= 11 is 1.71. The first-order valence-electron chi connectivity index (χ1n) is 8.27. The molecule has 1 N–H and O–H groups in total. The van der Waals surface area contributed by atoms with Crippen molar-refractivity contribution in [3.05, 3.63) is 16.1 Å². The highest BCUT2D eigenvalue weighted by Gasteiger charge is 2.10. The van der Waals surface area contributed by atoms with Crippen LogP contribution in [0.3, 0.4) is 0 Å². The Labute approximate surface area is 134 Å². The Hall–Kier alpha value is -0.450. The molecule has 0 aliphatic carbocycles. The summed E-state index contributed by atoms with van der Waals surface area (Å²) in [6.07, 6.45) is 7.85. The molecule has 0 amide bonds. The van der Waals surface area contributed by atoms with E-state index in [2.05, 4.69) is 43.4 Å². The average molecular weight is 313 g/mol. The van der Waals surface area contributed by atoms with Crippen LogP contribution < -0.4 is 5.32 Å². The van der Waals surface area contributed by atoms with Crippen LogP contribution in [0.25, 0.3) is 0 Å². The molecule has 0 radical (unpaired) electrons. The summed E-state index contributed by atoms with van der Waals surface area (Å²) in [6.45, 7) is 11.1. The SMILES string of the molecule is CCCCCCCCOCc1csc(CNC(C)(C)C)n1. The third-order valence-corrected chi connectivity index (χ3v) is 4.16. The minimum atomic E-state index is 0.139. The molecule has 1 rings (SSSR count). The van der Waals surface area contributed by atoms with Crippen LogP contribution in [-0.4, -0.2) is 17.1 Å². The molecule has 4 heteroatoms. The van der Waals surface area contributed by atoms with Crippen LogP contribution in [-0.2, 0) is 17.9 Å². The van der Waals surface area contributed by atoms with E-state index in [4.69, 9.17) is 4.74 Å². The molecule has 1 aromatic rings. The second kappa shape index (κ2) is 10.3. The van der Waals surface area contributed by atoms with Crippen molar-refractivity contribution < 1.29 is 4.74 Å². The van der Waals surface area contributed by atoms with Gasteiger partial charge >= 0.3 is 0 Å². The maximum atomic E-state index is 5.71. The number of rotatable bonds is 11. The maximum Gasteiger partial charge on any atom is 0.107 e. The van der Waals surface area contributed by atoms with Crippen molar-refractivity contribution >= 4 is 11.3 Å². The zero-order chi connectivity index (χ0) is 15.6. The van der Waals surface area contributed by atoms with Gasteiger partial charge in [-0.2, -0.15) is 0 Å². The molecule has 0 atom stereocenters. The van der Waals surface area contributed by atoms with E-state index >= 15 is 0 Å². The molecule has 122 valence electrons. The first-order chi connectivity index (χ1) is 10.0. The lowest BCUT2D eigenvalue weighted by molar-refractivity contribution is 0.114. The number of hydrogen-bond donors (Lipinski definition) is 1. The van der Waals surface area contributed by atoms with Crippen LogP contribution in [0.5, 0.6) is 0 Å². The summed E-state index contributed by atoms with van der Waals surface area (Å²) in [5, 5.41) is 6.71. The third kappa shape index (κ3) is 9.99. The van der Waals surface area contributed by atoms with Gasteiger partial charge in [-0.25, -0.2) is 4.98 Å². The number of hydrogen-bond acceptors (Lipinski definition) is 4. The topological polar surface area (TPSA) is 34.1 Å². The van der Waals surface area contributed by atoms with Crippen LogP contribution in [0.15, 0.2) is 5.38 Å². The van der Waals surface area contributed by atoms with Crippen molar-refractivity contribution in [1.29, 1.82) is 0 Å². The number of thiazole rings is 1. The Morgan fingerprint density at radius 3 is 2.57 bits per heavy atom. The molecule has 21 heavy (non-hydrogen) atoms. The Kier molecular flexibility index (Phi) is 9.13. The first kappa shape index (κ1) is 18.6. The normalized spacial score (nSPS) is 12.0. The van der Waals surface area contributed by atoms with Crippen LogP contribution in [0.1, 0.15) is 76.9 Å². The summed E-state index contributed by atoms with van der Waals surface area (Å²) in [4.78, 5) is 4.60. The molecule has 0 bridgehead atoms. The Morgan fingerprint density at radius 2 is 1.86 bits per heavy atom. The van der Waals surface area contributed by atoms with Gasteiger partial charge in [-0.3, -0.25) is 0 Å². The lowest BCUT2D eigenvalue weighted by atomic mass is 10.1. The lowest BCUT2D eigenvalue weighted by Gasteiger charge is -2.19. The van der Waals surface area contributed by atoms with E-state index in [1.165, 1.54) is 38.5 Å². The zero-order valence-electron chi connectivity index (χ0n) is 14.2. The Balaban J connectivity index is 2.06. The van der Waals surface area contributed by atoms with E-state index in [0.29, 0.717) is 6.61 Å². The lowest BCUT2D eigenvalue weighted by Crippen LogP contribution is -2.35. The second-order valence-electron chi connectivity index (χ2n) is 6.66. The summed E-state index contributed by atoms with van der Waals surface area (Å²) in [5.74, 6) is 0. The van der Waals surface area contributed by atoms with E-state index in [9.17, 15) is 0 Å². The highest BCUT2D eigenvalue weighted by Crippen LogP contribution is 2.12. The van der Waals surface area contributed by atoms with Crippen LogP contribution in [0.2, 0.25) is 0 Å². The number of nitrogens with zero attached hydrogens (tertiary/aromatic N) is 1. The molecule has 0 spiro atoms. The standard InChI is InChI=1S/C17H32N2OS/c1-5-6-7-8-9-10-11-20-13-15-14-21-16(19-15)12-18-17(2,3)4/h14,18H,5-13H2,1-4H3. The van der Waals surface area contributed by atoms with Crippen molar-refractivity contribution in [2.75, 3.05) is 6.61 Å². The van der Waals surface area contributed by atoms with E-state index in [1.807, 2.05) is 0 Å². The molecule has 0 unspecified atom stereocenters. The fraction of sp³-hybridized carbons (Fsp3) is 0.824. The number of nitrogens with one attached hydrogen (secondary N) is 1. The largest absolute Gasteiger partial charge is 0.375 e. The minimum Gasteiger partial charge on any atom is -0.375 e. The summed E-state index contributed by atoms with van der Waals surface area (Å²) in [7, 11) is 0. The molecule has 1 aromatic heterocycles. The van der Waals surface area contributed by atoms with Crippen molar-refractivity contribution in [2.45, 2.75) is 84.9 Å². The monoisotopic (exact) mass is 312 g/mol. The second-order valence-corrected chi connectivity index (χ2v) is 7.60. The molecule has 0 fully saturated rings. The molecule has 0 saturated carbocycles. The van der Waals surface area contributed by atoms with Crippen molar-refractivity contribution in [1.82, 2.24) is 10.3 Å². The van der Waals surface area contributed by atoms with Crippen molar-refractivity contribution in [3.63, 3.8) is 0 Å². The Morgan fingerprint density at radius 1 is 1.14 bits per heavy atom. The number of unbranched alkanes of at least 4 members (excludes halogenated alkanes) is 5. The molecular weight excluding hydrogens is 280 g/mol. The van der Waals surface area contributed by atoms with E-state index in [-0.39, 0.29) is 5.54 Å². The van der Waals surface area contributed by atoms with Gasteiger partial charge in [-0.1, -0.05) is 39.0 Å². The third-order valence-electron chi connectivity index (χ3n) is 3.26. The molecular formula is C17H32N2OS. The fourth-order valence-corrected chi connectivity index (χ4v) is 2.72. The highest BCUT2D eigenvalue weighted by atomic mass is 32.1. The van der Waals surface area contributed by atoms with E-state index < -0.39 is 0 Å². The number of aromatic nitrogens is 1. The van der Waals surface area contributed by atoms with Gasteiger partial charge < -0.3 is 10.1 Å². The summed E-state index contributed by atoms with van der Waals surface area (Å²) < 4.78 is 5.71. The first-order valence-corrected chi connectivity index (χ1v) is 9.15. The van der Waals surface area contributed by atoms with Gasteiger partial charge in [0.25, 0.3) is 0 Å². The van der Waals surface area contributed by atoms with Crippen molar-refractivity contribution in [2.24, 2.45) is 0 Å². The highest BCUT2D eigenvalue weighted by molar-refractivity contribution is 7.09. The van der Waals surface area contributed by atoms with Gasteiger partial charge in [-0.05, 0) is 27.2 Å². The van der Waals surface area contributed by atoms with Gasteiger partial charge in [0, 0.05) is 24.1 Å². The van der Waals surface area contributed by atoms with Gasteiger partial charge in [0.1, 0.15) is 5.01 Å². The summed E-state index contributed by atoms with van der Waals surface area (Å²) in [6, 6.07) is 0. The smallest absolute Gasteiger partial charge is 0.107 e. The van der Waals surface area contributed by atoms with Gasteiger partial charge in [0.15, 0.2) is 0 Å². The molecule has 0 saturated heterocycles. The average Bonchev–Trinajstić information content (AvgIpc) is 2.87. The fourth-order valence-electron chi connectivity index (χ4n) is 2.00. The van der Waals surface area contributed by atoms with Crippen LogP contribution in [0.4, 0.5) is 0 Å². The molecule has 0 aliphatic heterocycles. The van der Waals surface area contributed by atoms with Crippen LogP contribution in [0, 0.1) is 0 Å². The van der Waals surface area contributed by atoms with E-state index in [0.717, 1.165) is 23.9 Å². The predicted octanol–water partition coefficient (Wildman–Crippen LogP) is 4.91. The molecule has 1 heterocycles. The Bertz CT molecular complexity index is 371. The summed E-state index contributed by atoms with van der Waals surface area (Å²) in [5.41, 5.74) is 1.21. The quantitative estimate of drug-likeness (QED) is 0.590. The van der Waals surface area contributed by atoms with E-state index in [1.54, 1.807) is 11.3 Å². The van der Waals surface area contributed by atoms with Gasteiger partial charge in [0.2, 0.25) is 0 Å². The van der Waals surface area contributed by atoms with Gasteiger partial charge in [-0.15, -0.1) is 11.3 Å². The molecule has 0 aromatic carbocycles. The zero-order valence-corrected chi connectivity index (χ0v) is 15.0. The number of ether oxygens (including phenoxy) is 1. The van der Waals surface area contributed by atoms with Gasteiger partial charge in [0.05, 0.1) is 12.3 Å². The molecule has 0 aliphatic rings. The molecule has 3 nitrogen and oxygen atoms in total. The predicted molar refractivity (Wildman–Crippen MR) is 91.7 cm³/mol. The maximum absolute atomic E-state index is 5.71. The van der Waals surface area contributed by atoms with Crippen molar-refractivity contribution in [3.8, 4) is 0 Å².